The van der Waals surface area contributed by atoms with E-state index in [0.29, 0.717) is 5.52 Å². The van der Waals surface area contributed by atoms with Gasteiger partial charge in [-0.05, 0) is 36.4 Å². The lowest BCUT2D eigenvalue weighted by Gasteiger charge is -2.11. The summed E-state index contributed by atoms with van der Waals surface area (Å²) in [6.45, 7) is 0. The molecule has 0 aliphatic rings. The van der Waals surface area contributed by atoms with Gasteiger partial charge in [0, 0.05) is 23.2 Å². The average Bonchev–Trinajstić information content (AvgIpc) is 2.62. The van der Waals surface area contributed by atoms with Crippen LogP contribution in [0.5, 0.6) is 11.5 Å². The van der Waals surface area contributed by atoms with Crippen molar-refractivity contribution in [3.63, 3.8) is 0 Å². The first-order valence-electron chi connectivity index (χ1n) is 7.41. The van der Waals surface area contributed by atoms with Gasteiger partial charge in [0.05, 0.1) is 0 Å². The first-order valence-corrected chi connectivity index (χ1v) is 8.82. The largest absolute Gasteiger partial charge is 0.506 e. The highest BCUT2D eigenvalue weighted by molar-refractivity contribution is 7.87. The molecule has 2 aromatic heterocycles. The van der Waals surface area contributed by atoms with E-state index in [0.717, 1.165) is 5.39 Å². The molecule has 4 aromatic rings. The Kier molecular flexibility index (Phi) is 3.51. The van der Waals surface area contributed by atoms with Gasteiger partial charge in [-0.3, -0.25) is 9.97 Å². The summed E-state index contributed by atoms with van der Waals surface area (Å²) in [6.07, 6.45) is 3.05. The number of phenols is 1. The second-order valence-corrected chi connectivity index (χ2v) is 6.87. The summed E-state index contributed by atoms with van der Waals surface area (Å²) in [5.74, 6) is 0.0459. The quantitative estimate of drug-likeness (QED) is 0.569. The third kappa shape index (κ3) is 2.64. The third-order valence-electron chi connectivity index (χ3n) is 3.77. The Morgan fingerprint density at radius 2 is 1.56 bits per heavy atom. The van der Waals surface area contributed by atoms with Crippen LogP contribution in [-0.2, 0) is 10.1 Å². The van der Waals surface area contributed by atoms with E-state index >= 15 is 0 Å². The maximum Gasteiger partial charge on any atom is 0.339 e. The van der Waals surface area contributed by atoms with Crippen molar-refractivity contribution in [2.24, 2.45) is 0 Å². The van der Waals surface area contributed by atoms with E-state index in [4.69, 9.17) is 4.18 Å². The van der Waals surface area contributed by atoms with E-state index in [-0.39, 0.29) is 27.3 Å². The highest BCUT2D eigenvalue weighted by Gasteiger charge is 2.22. The number of aromatic nitrogens is 2. The van der Waals surface area contributed by atoms with Gasteiger partial charge in [-0.2, -0.15) is 8.42 Å². The minimum atomic E-state index is -4.14. The molecule has 7 heteroatoms. The first kappa shape index (κ1) is 15.3. The van der Waals surface area contributed by atoms with Crippen LogP contribution in [0.1, 0.15) is 0 Å². The van der Waals surface area contributed by atoms with Crippen LogP contribution in [0, 0.1) is 0 Å². The molecule has 0 aliphatic carbocycles. The van der Waals surface area contributed by atoms with E-state index in [9.17, 15) is 13.5 Å². The number of fused-ring (bicyclic) bond motifs is 2. The zero-order valence-corrected chi connectivity index (χ0v) is 13.6. The fraction of sp³-hybridized carbons (Fsp3) is 0. The number of para-hydroxylation sites is 1. The fourth-order valence-electron chi connectivity index (χ4n) is 2.66. The minimum Gasteiger partial charge on any atom is -0.506 e. The highest BCUT2D eigenvalue weighted by atomic mass is 32.2. The molecule has 0 atom stereocenters. The van der Waals surface area contributed by atoms with Crippen LogP contribution >= 0.6 is 0 Å². The Labute approximate surface area is 143 Å². The van der Waals surface area contributed by atoms with Gasteiger partial charge in [0.25, 0.3) is 0 Å². The van der Waals surface area contributed by atoms with Crippen LogP contribution < -0.4 is 4.18 Å². The van der Waals surface area contributed by atoms with Crippen LogP contribution in [0.2, 0.25) is 0 Å². The predicted octanol–water partition coefficient (Wildman–Crippen LogP) is 3.26. The molecule has 4 rings (SSSR count). The van der Waals surface area contributed by atoms with Crippen molar-refractivity contribution in [3.05, 3.63) is 67.0 Å². The standard InChI is InChI=1S/C18H12N2O4S/c21-14-8-9-16(13-6-3-11-20-18(13)14)25(22,23)24-15-7-1-4-12-5-2-10-19-17(12)15/h1-11,21H. The summed E-state index contributed by atoms with van der Waals surface area (Å²) in [7, 11) is -4.14. The van der Waals surface area contributed by atoms with Crippen LogP contribution in [0.4, 0.5) is 0 Å². The van der Waals surface area contributed by atoms with Crippen molar-refractivity contribution < 1.29 is 17.7 Å². The molecular weight excluding hydrogens is 340 g/mol. The van der Waals surface area contributed by atoms with Gasteiger partial charge in [-0.15, -0.1) is 0 Å². The molecule has 0 bridgehead atoms. The maximum atomic E-state index is 12.8. The van der Waals surface area contributed by atoms with Gasteiger partial charge in [0.15, 0.2) is 5.75 Å². The predicted molar refractivity (Wildman–Crippen MR) is 93.0 cm³/mol. The van der Waals surface area contributed by atoms with Crippen molar-refractivity contribution >= 4 is 31.9 Å². The fourth-order valence-corrected chi connectivity index (χ4v) is 3.79. The number of nitrogens with zero attached hydrogens (tertiary/aromatic N) is 2. The number of rotatable bonds is 3. The smallest absolute Gasteiger partial charge is 0.339 e. The van der Waals surface area contributed by atoms with Crippen molar-refractivity contribution in [1.29, 1.82) is 0 Å². The molecule has 6 nitrogen and oxygen atoms in total. The minimum absolute atomic E-state index is 0.0682. The van der Waals surface area contributed by atoms with Crippen LogP contribution in [-0.4, -0.2) is 23.5 Å². The summed E-state index contributed by atoms with van der Waals surface area (Å²) in [4.78, 5) is 8.15. The van der Waals surface area contributed by atoms with E-state index in [1.165, 1.54) is 18.3 Å². The summed E-state index contributed by atoms with van der Waals surface area (Å²) in [6, 6.07) is 14.4. The van der Waals surface area contributed by atoms with E-state index in [1.54, 1.807) is 36.5 Å². The molecule has 25 heavy (non-hydrogen) atoms. The molecule has 0 saturated heterocycles. The number of benzene rings is 2. The molecule has 0 unspecified atom stereocenters. The Hall–Kier alpha value is -3.19. The zero-order valence-electron chi connectivity index (χ0n) is 12.8. The van der Waals surface area contributed by atoms with Crippen LogP contribution in [0.3, 0.4) is 0 Å². The molecule has 0 radical (unpaired) electrons. The number of hydrogen-bond donors (Lipinski definition) is 1. The van der Waals surface area contributed by atoms with Gasteiger partial charge in [0.1, 0.15) is 21.7 Å². The molecular formula is C18H12N2O4S. The summed E-state index contributed by atoms with van der Waals surface area (Å²) in [5, 5.41) is 10.9. The van der Waals surface area contributed by atoms with E-state index in [1.807, 2.05) is 12.1 Å². The normalized spacial score (nSPS) is 11.7. The highest BCUT2D eigenvalue weighted by Crippen LogP contribution is 2.31. The van der Waals surface area contributed by atoms with E-state index < -0.39 is 10.1 Å². The van der Waals surface area contributed by atoms with Gasteiger partial charge in [0.2, 0.25) is 0 Å². The monoisotopic (exact) mass is 352 g/mol. The molecule has 1 N–H and O–H groups in total. The first-order chi connectivity index (χ1) is 12.1. The molecule has 0 amide bonds. The molecule has 0 fully saturated rings. The van der Waals surface area contributed by atoms with Crippen molar-refractivity contribution in [2.75, 3.05) is 0 Å². The number of phenolic OH excluding ortho intramolecular Hbond substituents is 1. The second-order valence-electron chi connectivity index (χ2n) is 5.35. The molecule has 2 heterocycles. The zero-order chi connectivity index (χ0) is 17.4. The van der Waals surface area contributed by atoms with Crippen LogP contribution in [0.15, 0.2) is 71.9 Å². The van der Waals surface area contributed by atoms with Gasteiger partial charge in [-0.1, -0.05) is 18.2 Å². The average molecular weight is 352 g/mol. The summed E-state index contributed by atoms with van der Waals surface area (Å²) >= 11 is 0. The SMILES string of the molecule is O=S(=O)(Oc1cccc2cccnc12)c1ccc(O)c2ncccc12. The third-order valence-corrected chi connectivity index (χ3v) is 5.07. The number of hydrogen-bond acceptors (Lipinski definition) is 6. The van der Waals surface area contributed by atoms with Crippen molar-refractivity contribution in [2.45, 2.75) is 4.90 Å². The molecule has 0 saturated carbocycles. The van der Waals surface area contributed by atoms with Gasteiger partial charge < -0.3 is 9.29 Å². The van der Waals surface area contributed by atoms with Gasteiger partial charge in [-0.25, -0.2) is 0 Å². The Morgan fingerprint density at radius 3 is 2.40 bits per heavy atom. The van der Waals surface area contributed by atoms with E-state index in [2.05, 4.69) is 9.97 Å². The topological polar surface area (TPSA) is 89.4 Å². The van der Waals surface area contributed by atoms with Crippen molar-refractivity contribution in [3.8, 4) is 11.5 Å². The Morgan fingerprint density at radius 1 is 0.840 bits per heavy atom. The molecule has 124 valence electrons. The van der Waals surface area contributed by atoms with Crippen LogP contribution in [0.25, 0.3) is 21.8 Å². The summed E-state index contributed by atoms with van der Waals surface area (Å²) in [5.41, 5.74) is 0.651. The number of pyridine rings is 2. The molecule has 0 aliphatic heterocycles. The Balaban J connectivity index is 1.87. The lowest BCUT2D eigenvalue weighted by atomic mass is 10.2. The lowest BCUT2D eigenvalue weighted by Crippen LogP contribution is -2.11. The van der Waals surface area contributed by atoms with Crippen molar-refractivity contribution in [1.82, 2.24) is 9.97 Å². The molecule has 2 aromatic carbocycles. The summed E-state index contributed by atoms with van der Waals surface area (Å²) < 4.78 is 31.0. The second kappa shape index (κ2) is 5.71. The molecule has 0 spiro atoms. The van der Waals surface area contributed by atoms with Gasteiger partial charge >= 0.3 is 10.1 Å². The Bertz CT molecular complexity index is 1200. The lowest BCUT2D eigenvalue weighted by molar-refractivity contribution is 0.479. The maximum absolute atomic E-state index is 12.8. The number of aromatic hydroxyl groups is 1.